The highest BCUT2D eigenvalue weighted by Gasteiger charge is 2.17. The topological polar surface area (TPSA) is 31.9 Å². The van der Waals surface area contributed by atoms with Gasteiger partial charge in [0.25, 0.3) is 0 Å². The number of nitrogens with zero attached hydrogens (tertiary/aromatic N) is 2. The Morgan fingerprint density at radius 3 is 3.21 bits per heavy atom. The summed E-state index contributed by atoms with van der Waals surface area (Å²) < 4.78 is 0. The van der Waals surface area contributed by atoms with E-state index in [0.29, 0.717) is 0 Å². The molecule has 0 radical (unpaired) electrons. The zero-order chi connectivity index (χ0) is 9.97. The normalized spacial score (nSPS) is 17.4. The molecule has 0 saturated carbocycles. The van der Waals surface area contributed by atoms with Gasteiger partial charge in [0.1, 0.15) is 0 Å². The SMILES string of the molecule is CC(C)CCN1CCc2cn[nH]c2C1. The van der Waals surface area contributed by atoms with Crippen molar-refractivity contribution in [1.29, 1.82) is 0 Å². The molecule has 1 aromatic rings. The Kier molecular flexibility index (Phi) is 2.87. The van der Waals surface area contributed by atoms with Crippen molar-refractivity contribution in [2.24, 2.45) is 5.92 Å². The van der Waals surface area contributed by atoms with E-state index in [1.807, 2.05) is 6.20 Å². The molecule has 3 heteroatoms. The van der Waals surface area contributed by atoms with Crippen molar-refractivity contribution < 1.29 is 0 Å². The van der Waals surface area contributed by atoms with E-state index in [2.05, 4.69) is 28.9 Å². The third kappa shape index (κ3) is 2.15. The van der Waals surface area contributed by atoms with Crippen molar-refractivity contribution in [2.75, 3.05) is 13.1 Å². The smallest absolute Gasteiger partial charge is 0.0524 e. The Balaban J connectivity index is 1.88. The first-order chi connectivity index (χ1) is 6.75. The van der Waals surface area contributed by atoms with Crippen molar-refractivity contribution in [1.82, 2.24) is 15.1 Å². The van der Waals surface area contributed by atoms with Crippen LogP contribution in [0.1, 0.15) is 31.5 Å². The summed E-state index contributed by atoms with van der Waals surface area (Å²) >= 11 is 0. The number of rotatable bonds is 3. The zero-order valence-corrected chi connectivity index (χ0v) is 9.08. The van der Waals surface area contributed by atoms with E-state index in [0.717, 1.165) is 18.9 Å². The molecule has 0 aliphatic carbocycles. The van der Waals surface area contributed by atoms with Gasteiger partial charge in [-0.05, 0) is 30.9 Å². The lowest BCUT2D eigenvalue weighted by atomic mass is 10.1. The Bertz CT molecular complexity index is 290. The number of H-pyrrole nitrogens is 1. The molecule has 0 spiro atoms. The molecule has 0 amide bonds. The van der Waals surface area contributed by atoms with Crippen molar-refractivity contribution >= 4 is 0 Å². The molecule has 0 atom stereocenters. The van der Waals surface area contributed by atoms with Crippen LogP contribution >= 0.6 is 0 Å². The van der Waals surface area contributed by atoms with Gasteiger partial charge in [-0.15, -0.1) is 0 Å². The standard InChI is InChI=1S/C11H19N3/c1-9(2)3-5-14-6-4-10-7-12-13-11(10)8-14/h7,9H,3-6,8H2,1-2H3,(H,12,13). The van der Waals surface area contributed by atoms with Crippen LogP contribution in [-0.4, -0.2) is 28.2 Å². The van der Waals surface area contributed by atoms with E-state index in [1.54, 1.807) is 0 Å². The largest absolute Gasteiger partial charge is 0.297 e. The van der Waals surface area contributed by atoms with Crippen LogP contribution in [0.25, 0.3) is 0 Å². The molecule has 0 aromatic carbocycles. The Labute approximate surface area is 85.5 Å². The monoisotopic (exact) mass is 193 g/mol. The minimum atomic E-state index is 0.804. The van der Waals surface area contributed by atoms with E-state index in [1.165, 1.54) is 30.8 Å². The molecule has 0 fully saturated rings. The van der Waals surface area contributed by atoms with Gasteiger partial charge in [-0.3, -0.25) is 10.00 Å². The molecule has 1 aliphatic rings. The molecule has 78 valence electrons. The molecule has 0 saturated heterocycles. The molecule has 1 N–H and O–H groups in total. The summed E-state index contributed by atoms with van der Waals surface area (Å²) in [5, 5.41) is 7.17. The van der Waals surface area contributed by atoms with Gasteiger partial charge in [0.2, 0.25) is 0 Å². The van der Waals surface area contributed by atoms with Crippen LogP contribution in [0, 0.1) is 5.92 Å². The van der Waals surface area contributed by atoms with Gasteiger partial charge in [0, 0.05) is 13.1 Å². The van der Waals surface area contributed by atoms with Gasteiger partial charge in [-0.2, -0.15) is 5.10 Å². The van der Waals surface area contributed by atoms with Crippen LogP contribution in [0.15, 0.2) is 6.20 Å². The van der Waals surface area contributed by atoms with E-state index < -0.39 is 0 Å². The summed E-state index contributed by atoms with van der Waals surface area (Å²) in [6.07, 6.45) is 4.42. The average molecular weight is 193 g/mol. The molecular formula is C11H19N3. The van der Waals surface area contributed by atoms with E-state index in [-0.39, 0.29) is 0 Å². The summed E-state index contributed by atoms with van der Waals surface area (Å²) in [5.74, 6) is 0.804. The number of fused-ring (bicyclic) bond motifs is 1. The highest BCUT2D eigenvalue weighted by molar-refractivity contribution is 5.18. The fourth-order valence-corrected chi connectivity index (χ4v) is 1.90. The maximum Gasteiger partial charge on any atom is 0.0524 e. The van der Waals surface area contributed by atoms with E-state index >= 15 is 0 Å². The molecule has 0 bridgehead atoms. The maximum atomic E-state index is 4.08. The van der Waals surface area contributed by atoms with Crippen molar-refractivity contribution in [3.8, 4) is 0 Å². The number of hydrogen-bond acceptors (Lipinski definition) is 2. The van der Waals surface area contributed by atoms with Crippen LogP contribution in [0.3, 0.4) is 0 Å². The Morgan fingerprint density at radius 2 is 2.43 bits per heavy atom. The van der Waals surface area contributed by atoms with Crippen LogP contribution in [0.5, 0.6) is 0 Å². The second-order valence-corrected chi connectivity index (χ2v) is 4.58. The van der Waals surface area contributed by atoms with Gasteiger partial charge >= 0.3 is 0 Å². The van der Waals surface area contributed by atoms with Crippen LogP contribution in [-0.2, 0) is 13.0 Å². The number of aromatic amines is 1. The molecule has 2 heterocycles. The van der Waals surface area contributed by atoms with Gasteiger partial charge < -0.3 is 0 Å². The number of hydrogen-bond donors (Lipinski definition) is 1. The van der Waals surface area contributed by atoms with E-state index in [9.17, 15) is 0 Å². The fraction of sp³-hybridized carbons (Fsp3) is 0.727. The van der Waals surface area contributed by atoms with Crippen molar-refractivity contribution in [2.45, 2.75) is 33.2 Å². The first-order valence-electron chi connectivity index (χ1n) is 5.49. The summed E-state index contributed by atoms with van der Waals surface area (Å²) in [7, 11) is 0. The first kappa shape index (κ1) is 9.71. The van der Waals surface area contributed by atoms with Crippen molar-refractivity contribution in [3.05, 3.63) is 17.5 Å². The second kappa shape index (κ2) is 4.13. The molecule has 2 rings (SSSR count). The van der Waals surface area contributed by atoms with Gasteiger partial charge in [0.05, 0.1) is 11.9 Å². The third-order valence-electron chi connectivity index (χ3n) is 2.91. The lowest BCUT2D eigenvalue weighted by molar-refractivity contribution is 0.237. The molecule has 1 aromatic heterocycles. The van der Waals surface area contributed by atoms with E-state index in [4.69, 9.17) is 0 Å². The van der Waals surface area contributed by atoms with Gasteiger partial charge in [-0.25, -0.2) is 0 Å². The summed E-state index contributed by atoms with van der Waals surface area (Å²) in [6.45, 7) is 8.04. The quantitative estimate of drug-likeness (QED) is 0.794. The van der Waals surface area contributed by atoms with Crippen molar-refractivity contribution in [3.63, 3.8) is 0 Å². The van der Waals surface area contributed by atoms with Gasteiger partial charge in [-0.1, -0.05) is 13.8 Å². The Morgan fingerprint density at radius 1 is 1.57 bits per heavy atom. The minimum Gasteiger partial charge on any atom is -0.297 e. The summed E-state index contributed by atoms with van der Waals surface area (Å²) in [6, 6.07) is 0. The highest BCUT2D eigenvalue weighted by atomic mass is 15.2. The Hall–Kier alpha value is -0.830. The fourth-order valence-electron chi connectivity index (χ4n) is 1.90. The van der Waals surface area contributed by atoms with Crippen LogP contribution < -0.4 is 0 Å². The zero-order valence-electron chi connectivity index (χ0n) is 9.08. The predicted octanol–water partition coefficient (Wildman–Crippen LogP) is 1.81. The average Bonchev–Trinajstić information content (AvgIpc) is 2.61. The lowest BCUT2D eigenvalue weighted by Crippen LogP contribution is -2.31. The predicted molar refractivity (Wildman–Crippen MR) is 57.0 cm³/mol. The molecule has 0 unspecified atom stereocenters. The highest BCUT2D eigenvalue weighted by Crippen LogP contribution is 2.16. The minimum absolute atomic E-state index is 0.804. The molecule has 1 aliphatic heterocycles. The van der Waals surface area contributed by atoms with Gasteiger partial charge in [0.15, 0.2) is 0 Å². The second-order valence-electron chi connectivity index (χ2n) is 4.58. The number of nitrogens with one attached hydrogen (secondary N) is 1. The molecular weight excluding hydrogens is 174 g/mol. The number of aromatic nitrogens is 2. The molecule has 14 heavy (non-hydrogen) atoms. The summed E-state index contributed by atoms with van der Waals surface area (Å²) in [4.78, 5) is 2.51. The van der Waals surface area contributed by atoms with Crippen LogP contribution in [0.2, 0.25) is 0 Å². The maximum absolute atomic E-state index is 4.08. The summed E-state index contributed by atoms with van der Waals surface area (Å²) in [5.41, 5.74) is 2.73. The lowest BCUT2D eigenvalue weighted by Gasteiger charge is -2.26. The first-order valence-corrected chi connectivity index (χ1v) is 5.49. The molecule has 3 nitrogen and oxygen atoms in total. The van der Waals surface area contributed by atoms with Crippen LogP contribution in [0.4, 0.5) is 0 Å². The third-order valence-corrected chi connectivity index (χ3v) is 2.91.